The number of rotatable bonds is 39. The Labute approximate surface area is 299 Å². The zero-order chi connectivity index (χ0) is 35.2. The van der Waals surface area contributed by atoms with Crippen LogP contribution in [0.2, 0.25) is 0 Å². The van der Waals surface area contributed by atoms with Crippen molar-refractivity contribution in [1.82, 2.24) is 5.32 Å². The average molecular weight is 680 g/mol. The molecule has 0 aliphatic carbocycles. The molecule has 1 amide bonds. The molecule has 0 saturated carbocycles. The van der Waals surface area contributed by atoms with Gasteiger partial charge in [0, 0.05) is 0 Å². The molecule has 286 valence electrons. The molecular weight excluding hydrogens is 594 g/mol. The van der Waals surface area contributed by atoms with Crippen molar-refractivity contribution in [3.63, 3.8) is 0 Å². The first-order valence-corrected chi connectivity index (χ1v) is 21.5. The maximum atomic E-state index is 12.4. The molecule has 0 aromatic carbocycles. The summed E-state index contributed by atoms with van der Waals surface area (Å²) in [6.45, 7) is 4.18. The average Bonchev–Trinajstić information content (AvgIpc) is 3.09. The monoisotopic (exact) mass is 680 g/mol. The van der Waals surface area contributed by atoms with E-state index in [0.717, 1.165) is 44.9 Å². The lowest BCUT2D eigenvalue weighted by molar-refractivity contribution is -0.131. The summed E-state index contributed by atoms with van der Waals surface area (Å²) in [6.07, 6.45) is 45.1. The van der Waals surface area contributed by atoms with Crippen molar-refractivity contribution in [1.29, 1.82) is 0 Å². The van der Waals surface area contributed by atoms with Gasteiger partial charge in [0.15, 0.2) is 0 Å². The molecule has 0 radical (unpaired) electrons. The third kappa shape index (κ3) is 33.6. The minimum Gasteiger partial charge on any atom is -0.394 e. The Kier molecular flexibility index (Phi) is 38.1. The highest BCUT2D eigenvalue weighted by Crippen LogP contribution is 2.17. The minimum absolute atomic E-state index is 0.315. The second kappa shape index (κ2) is 38.9. The van der Waals surface area contributed by atoms with E-state index in [9.17, 15) is 20.1 Å². The van der Waals surface area contributed by atoms with Crippen molar-refractivity contribution < 1.29 is 20.1 Å². The summed E-state index contributed by atoms with van der Waals surface area (Å²) < 4.78 is 0. The quantitative estimate of drug-likeness (QED) is 0.0384. The fourth-order valence-electron chi connectivity index (χ4n) is 6.70. The highest BCUT2D eigenvalue weighted by atomic mass is 16.3. The lowest BCUT2D eigenvalue weighted by Crippen LogP contribution is -2.49. The molecule has 0 rings (SSSR count). The number of allylic oxidation sites excluding steroid dienone is 2. The maximum Gasteiger partial charge on any atom is 0.249 e. The number of amides is 1. The highest BCUT2D eigenvalue weighted by molar-refractivity contribution is 5.80. The summed E-state index contributed by atoms with van der Waals surface area (Å²) in [4.78, 5) is 12.4. The molecule has 0 aromatic rings. The van der Waals surface area contributed by atoms with Crippen molar-refractivity contribution >= 4 is 5.91 Å². The van der Waals surface area contributed by atoms with E-state index >= 15 is 0 Å². The van der Waals surface area contributed by atoms with Crippen LogP contribution in [-0.2, 0) is 4.79 Å². The SMILES string of the molecule is CCCC/C=C\CCCCCCC(O)C(=O)NC(CO)C(O)CCCCCCCCCCCCCCCCCCCCCCCCCC. The fraction of sp³-hybridized carbons (Fsp3) is 0.930. The molecule has 4 N–H and O–H groups in total. The normalized spacial score (nSPS) is 13.7. The molecule has 5 nitrogen and oxygen atoms in total. The number of carbonyl (C=O) groups excluding carboxylic acids is 1. The number of carbonyl (C=O) groups is 1. The van der Waals surface area contributed by atoms with Gasteiger partial charge in [0.25, 0.3) is 0 Å². The molecule has 0 aliphatic heterocycles. The van der Waals surface area contributed by atoms with Gasteiger partial charge in [-0.15, -0.1) is 0 Å². The second-order valence-corrected chi connectivity index (χ2v) is 14.9. The Morgan fingerprint density at radius 3 is 1.21 bits per heavy atom. The zero-order valence-corrected chi connectivity index (χ0v) is 32.4. The first-order valence-electron chi connectivity index (χ1n) is 21.5. The van der Waals surface area contributed by atoms with Crippen molar-refractivity contribution in [2.75, 3.05) is 6.61 Å². The molecular formula is C43H85NO4. The van der Waals surface area contributed by atoms with E-state index in [4.69, 9.17) is 0 Å². The van der Waals surface area contributed by atoms with Crippen LogP contribution in [0.4, 0.5) is 0 Å². The van der Waals surface area contributed by atoms with Gasteiger partial charge in [-0.25, -0.2) is 0 Å². The third-order valence-electron chi connectivity index (χ3n) is 10.1. The Hall–Kier alpha value is -0.910. The Morgan fingerprint density at radius 2 is 0.812 bits per heavy atom. The van der Waals surface area contributed by atoms with Crippen LogP contribution in [0.1, 0.15) is 232 Å². The van der Waals surface area contributed by atoms with E-state index < -0.39 is 24.2 Å². The summed E-state index contributed by atoms with van der Waals surface area (Å²) >= 11 is 0. The number of aliphatic hydroxyl groups excluding tert-OH is 3. The molecule has 0 fully saturated rings. The van der Waals surface area contributed by atoms with Crippen molar-refractivity contribution in [3.8, 4) is 0 Å². The molecule has 3 atom stereocenters. The van der Waals surface area contributed by atoms with E-state index in [2.05, 4.69) is 31.3 Å². The molecule has 48 heavy (non-hydrogen) atoms. The van der Waals surface area contributed by atoms with Gasteiger partial charge < -0.3 is 20.6 Å². The van der Waals surface area contributed by atoms with E-state index in [1.54, 1.807) is 0 Å². The molecule has 0 aliphatic rings. The predicted molar refractivity (Wildman–Crippen MR) is 208 cm³/mol. The molecule has 3 unspecified atom stereocenters. The molecule has 0 spiro atoms. The van der Waals surface area contributed by atoms with Crippen LogP contribution in [-0.4, -0.2) is 46.1 Å². The summed E-state index contributed by atoms with van der Waals surface area (Å²) in [7, 11) is 0. The van der Waals surface area contributed by atoms with Crippen LogP contribution in [0.25, 0.3) is 0 Å². The van der Waals surface area contributed by atoms with Gasteiger partial charge in [0.1, 0.15) is 6.10 Å². The Morgan fingerprint density at radius 1 is 0.479 bits per heavy atom. The van der Waals surface area contributed by atoms with Crippen LogP contribution in [0.5, 0.6) is 0 Å². The smallest absolute Gasteiger partial charge is 0.249 e. The molecule has 5 heteroatoms. The lowest BCUT2D eigenvalue weighted by Gasteiger charge is -2.23. The first-order chi connectivity index (χ1) is 23.6. The van der Waals surface area contributed by atoms with Crippen LogP contribution >= 0.6 is 0 Å². The number of unbranched alkanes of at least 4 members (excludes halogenated alkanes) is 29. The predicted octanol–water partition coefficient (Wildman–Crippen LogP) is 12.0. The summed E-state index contributed by atoms with van der Waals surface area (Å²) in [6, 6.07) is -0.712. The van der Waals surface area contributed by atoms with Gasteiger partial charge in [0.05, 0.1) is 18.8 Å². The summed E-state index contributed by atoms with van der Waals surface area (Å²) in [5, 5.41) is 33.2. The van der Waals surface area contributed by atoms with Gasteiger partial charge in [-0.05, 0) is 32.1 Å². The van der Waals surface area contributed by atoms with Crippen LogP contribution in [0.3, 0.4) is 0 Å². The van der Waals surface area contributed by atoms with Gasteiger partial charge >= 0.3 is 0 Å². The number of aliphatic hydroxyl groups is 3. The van der Waals surface area contributed by atoms with Gasteiger partial charge in [-0.1, -0.05) is 212 Å². The van der Waals surface area contributed by atoms with E-state index in [-0.39, 0.29) is 6.61 Å². The largest absolute Gasteiger partial charge is 0.394 e. The fourth-order valence-corrected chi connectivity index (χ4v) is 6.70. The van der Waals surface area contributed by atoms with Gasteiger partial charge in [-0.2, -0.15) is 0 Å². The molecule has 0 bridgehead atoms. The lowest BCUT2D eigenvalue weighted by atomic mass is 10.0. The number of hydrogen-bond donors (Lipinski definition) is 4. The Bertz CT molecular complexity index is 669. The van der Waals surface area contributed by atoms with Crippen molar-refractivity contribution in [2.45, 2.75) is 250 Å². The van der Waals surface area contributed by atoms with Crippen molar-refractivity contribution in [2.24, 2.45) is 0 Å². The van der Waals surface area contributed by atoms with E-state index in [1.807, 2.05) is 0 Å². The van der Waals surface area contributed by atoms with Crippen LogP contribution < -0.4 is 5.32 Å². The van der Waals surface area contributed by atoms with E-state index in [0.29, 0.717) is 12.8 Å². The molecule has 0 heterocycles. The van der Waals surface area contributed by atoms with Crippen molar-refractivity contribution in [3.05, 3.63) is 12.2 Å². The maximum absolute atomic E-state index is 12.4. The van der Waals surface area contributed by atoms with E-state index in [1.165, 1.54) is 161 Å². The zero-order valence-electron chi connectivity index (χ0n) is 32.4. The second-order valence-electron chi connectivity index (χ2n) is 14.9. The molecule has 0 aromatic heterocycles. The summed E-state index contributed by atoms with van der Waals surface area (Å²) in [5.41, 5.74) is 0. The molecule has 0 saturated heterocycles. The number of hydrogen-bond acceptors (Lipinski definition) is 4. The highest BCUT2D eigenvalue weighted by Gasteiger charge is 2.23. The topological polar surface area (TPSA) is 89.8 Å². The third-order valence-corrected chi connectivity index (χ3v) is 10.1. The Balaban J connectivity index is 3.53. The van der Waals surface area contributed by atoms with Gasteiger partial charge in [-0.3, -0.25) is 4.79 Å². The van der Waals surface area contributed by atoms with Crippen LogP contribution in [0, 0.1) is 0 Å². The van der Waals surface area contributed by atoms with Gasteiger partial charge in [0.2, 0.25) is 5.91 Å². The first kappa shape index (κ1) is 47.1. The van der Waals surface area contributed by atoms with Crippen LogP contribution in [0.15, 0.2) is 12.2 Å². The summed E-state index contributed by atoms with van der Waals surface area (Å²) in [5.74, 6) is -0.480. The minimum atomic E-state index is -1.08. The standard InChI is InChI=1S/C43H85NO4/c1-3-5-7-9-11-13-15-16-17-18-19-20-21-22-23-24-25-26-27-28-30-31-33-35-37-41(46)40(39-45)44-43(48)42(47)38-36-34-32-29-14-12-10-8-6-4-2/h10,12,40-42,45-47H,3-9,11,13-39H2,1-2H3,(H,44,48)/b12-10-. The number of nitrogens with one attached hydrogen (secondary N) is 1.